The van der Waals surface area contributed by atoms with Crippen molar-refractivity contribution >= 4 is 39.1 Å². The second-order valence-corrected chi connectivity index (χ2v) is 8.15. The van der Waals surface area contributed by atoms with Crippen LogP contribution in [0.15, 0.2) is 58.6 Å². The second kappa shape index (κ2) is 7.73. The third-order valence-electron chi connectivity index (χ3n) is 4.07. The van der Waals surface area contributed by atoms with Crippen LogP contribution in [0.1, 0.15) is 11.1 Å². The maximum Gasteiger partial charge on any atom is 0.416 e. The zero-order valence-electron chi connectivity index (χ0n) is 15.0. The van der Waals surface area contributed by atoms with Crippen molar-refractivity contribution in [2.24, 2.45) is 4.40 Å². The molecule has 0 atom stereocenters. The molecule has 0 unspecified atom stereocenters. The molecule has 2 aromatic rings. The summed E-state index contributed by atoms with van der Waals surface area (Å²) in [5, 5.41) is 2.09. The number of benzene rings is 2. The van der Waals surface area contributed by atoms with Gasteiger partial charge >= 0.3 is 16.4 Å². The number of anilines is 1. The lowest BCUT2D eigenvalue weighted by atomic mass is 10.1. The van der Waals surface area contributed by atoms with Crippen molar-refractivity contribution < 1.29 is 30.8 Å². The Kier molecular flexibility index (Phi) is 5.61. The number of alkyl halides is 3. The topological polar surface area (TPSA) is 78.8 Å². The van der Waals surface area contributed by atoms with Crippen molar-refractivity contribution in [3.63, 3.8) is 0 Å². The molecule has 0 aromatic heterocycles. The summed E-state index contributed by atoms with van der Waals surface area (Å²) in [7, 11) is -3.32. The summed E-state index contributed by atoms with van der Waals surface area (Å²) in [4.78, 5) is 12.6. The number of nitrogens with one attached hydrogen (secondary N) is 1. The summed E-state index contributed by atoms with van der Waals surface area (Å²) in [5.74, 6) is -1.63. The van der Waals surface area contributed by atoms with E-state index in [4.69, 9.17) is 11.6 Å². The summed E-state index contributed by atoms with van der Waals surface area (Å²) in [6.07, 6.45) is -3.61. The zero-order chi connectivity index (χ0) is 22.3. The Labute approximate surface area is 173 Å². The highest BCUT2D eigenvalue weighted by Gasteiger charge is 2.33. The standard InChI is InChI=1S/C18H12ClF4N3O3S/c1-26-16(17(27)24-12-5-6-14(20)13(19)8-12)9-15(25-30(26,28)29)10-3-2-4-11(7-10)18(21,22)23/h2-9H,1H3,(H,24,27). The molecule has 30 heavy (non-hydrogen) atoms. The maximum atomic E-state index is 13.3. The number of halogens is 5. The fourth-order valence-electron chi connectivity index (χ4n) is 2.53. The predicted molar refractivity (Wildman–Crippen MR) is 103 cm³/mol. The molecule has 0 saturated heterocycles. The Balaban J connectivity index is 2.00. The van der Waals surface area contributed by atoms with Crippen molar-refractivity contribution in [3.05, 3.63) is 76.2 Å². The van der Waals surface area contributed by atoms with Gasteiger partial charge in [0, 0.05) is 18.3 Å². The number of carbonyl (C=O) groups excluding carboxylic acids is 1. The summed E-state index contributed by atoms with van der Waals surface area (Å²) in [6, 6.07) is 7.21. The summed E-state index contributed by atoms with van der Waals surface area (Å²) < 4.78 is 80.9. The molecule has 0 fully saturated rings. The van der Waals surface area contributed by atoms with Crippen LogP contribution < -0.4 is 5.32 Å². The van der Waals surface area contributed by atoms with E-state index in [0.29, 0.717) is 4.31 Å². The van der Waals surface area contributed by atoms with Gasteiger partial charge in [-0.2, -0.15) is 21.6 Å². The van der Waals surface area contributed by atoms with E-state index in [1.807, 2.05) is 0 Å². The molecule has 0 radical (unpaired) electrons. The van der Waals surface area contributed by atoms with Crippen LogP contribution in [0.3, 0.4) is 0 Å². The molecule has 0 saturated carbocycles. The first-order chi connectivity index (χ1) is 13.9. The molecule has 1 heterocycles. The van der Waals surface area contributed by atoms with Crippen LogP contribution in [-0.4, -0.2) is 31.4 Å². The SMILES string of the molecule is CN1C(C(=O)Nc2ccc(F)c(Cl)c2)=CC(c2cccc(C(F)(F)F)c2)=NS1(=O)=O. The molecule has 1 aliphatic rings. The average Bonchev–Trinajstić information content (AvgIpc) is 2.66. The second-order valence-electron chi connectivity index (χ2n) is 6.11. The van der Waals surface area contributed by atoms with E-state index in [2.05, 4.69) is 9.71 Å². The van der Waals surface area contributed by atoms with Gasteiger partial charge in [0.25, 0.3) is 5.91 Å². The average molecular weight is 462 g/mol. The predicted octanol–water partition coefficient (Wildman–Crippen LogP) is 4.00. The highest BCUT2D eigenvalue weighted by Crippen LogP contribution is 2.30. The Morgan fingerprint density at radius 3 is 2.50 bits per heavy atom. The number of amides is 1. The Morgan fingerprint density at radius 2 is 1.87 bits per heavy atom. The van der Waals surface area contributed by atoms with Gasteiger partial charge in [-0.05, 0) is 36.4 Å². The molecule has 1 aliphatic heterocycles. The van der Waals surface area contributed by atoms with Gasteiger partial charge in [-0.1, -0.05) is 23.7 Å². The minimum Gasteiger partial charge on any atom is -0.321 e. The fraction of sp³-hybridized carbons (Fsp3) is 0.111. The van der Waals surface area contributed by atoms with E-state index in [9.17, 15) is 30.8 Å². The maximum absolute atomic E-state index is 13.3. The lowest BCUT2D eigenvalue weighted by Gasteiger charge is -2.23. The molecule has 1 N–H and O–H groups in total. The lowest BCUT2D eigenvalue weighted by Crippen LogP contribution is -2.35. The molecule has 1 amide bonds. The molecular weight excluding hydrogens is 450 g/mol. The highest BCUT2D eigenvalue weighted by molar-refractivity contribution is 7.88. The van der Waals surface area contributed by atoms with E-state index in [1.165, 1.54) is 12.1 Å². The monoisotopic (exact) mass is 461 g/mol. The van der Waals surface area contributed by atoms with E-state index in [1.54, 1.807) is 0 Å². The molecule has 0 bridgehead atoms. The number of rotatable bonds is 3. The van der Waals surface area contributed by atoms with E-state index < -0.39 is 39.4 Å². The molecule has 12 heteroatoms. The van der Waals surface area contributed by atoms with Crippen LogP contribution in [0, 0.1) is 5.82 Å². The number of hydrogen-bond donors (Lipinski definition) is 1. The van der Waals surface area contributed by atoms with Gasteiger partial charge in [0.15, 0.2) is 0 Å². The van der Waals surface area contributed by atoms with Crippen LogP contribution >= 0.6 is 11.6 Å². The van der Waals surface area contributed by atoms with Gasteiger partial charge in [-0.25, -0.2) is 8.70 Å². The molecule has 6 nitrogen and oxygen atoms in total. The van der Waals surface area contributed by atoms with Gasteiger partial charge in [-0.3, -0.25) is 4.79 Å². The third kappa shape index (κ3) is 4.46. The molecule has 0 aliphatic carbocycles. The van der Waals surface area contributed by atoms with Crippen LogP contribution in [-0.2, 0) is 21.2 Å². The van der Waals surface area contributed by atoms with Crippen LogP contribution in [0.4, 0.5) is 23.2 Å². The van der Waals surface area contributed by atoms with Crippen molar-refractivity contribution in [2.45, 2.75) is 6.18 Å². The van der Waals surface area contributed by atoms with Gasteiger partial charge in [-0.15, -0.1) is 4.40 Å². The highest BCUT2D eigenvalue weighted by atomic mass is 35.5. The number of allylic oxidation sites excluding steroid dienone is 1. The van der Waals surface area contributed by atoms with E-state index >= 15 is 0 Å². The number of hydrogen-bond acceptors (Lipinski definition) is 3. The Hall–Kier alpha value is -2.92. The third-order valence-corrected chi connectivity index (χ3v) is 5.67. The minimum atomic E-state index is -4.65. The first kappa shape index (κ1) is 21.8. The summed E-state index contributed by atoms with van der Waals surface area (Å²) in [6.45, 7) is 0. The Morgan fingerprint density at radius 1 is 1.17 bits per heavy atom. The van der Waals surface area contributed by atoms with Crippen LogP contribution in [0.2, 0.25) is 5.02 Å². The molecule has 158 valence electrons. The number of carbonyl (C=O) groups is 1. The molecular formula is C18H12ClF4N3O3S. The van der Waals surface area contributed by atoms with Crippen LogP contribution in [0.5, 0.6) is 0 Å². The van der Waals surface area contributed by atoms with Gasteiger partial charge in [0.2, 0.25) is 0 Å². The zero-order valence-corrected chi connectivity index (χ0v) is 16.6. The fourth-order valence-corrected chi connectivity index (χ4v) is 3.62. The van der Waals surface area contributed by atoms with Gasteiger partial charge in [0.05, 0.1) is 16.3 Å². The lowest BCUT2D eigenvalue weighted by molar-refractivity contribution is -0.137. The van der Waals surface area contributed by atoms with Crippen LogP contribution in [0.25, 0.3) is 0 Å². The van der Waals surface area contributed by atoms with Gasteiger partial charge < -0.3 is 5.32 Å². The quantitative estimate of drug-likeness (QED) is 0.702. The molecule has 3 rings (SSSR count). The number of likely N-dealkylation sites (N-methyl/N-ethyl adjacent to an activating group) is 1. The molecule has 2 aromatic carbocycles. The summed E-state index contributed by atoms with van der Waals surface area (Å²) in [5.41, 5.74) is -1.81. The molecule has 0 spiro atoms. The van der Waals surface area contributed by atoms with E-state index in [0.717, 1.165) is 43.5 Å². The van der Waals surface area contributed by atoms with Crippen molar-refractivity contribution in [3.8, 4) is 0 Å². The minimum absolute atomic E-state index is 0.0845. The summed E-state index contributed by atoms with van der Waals surface area (Å²) >= 11 is 5.65. The van der Waals surface area contributed by atoms with Gasteiger partial charge in [0.1, 0.15) is 11.5 Å². The number of nitrogens with zero attached hydrogens (tertiary/aromatic N) is 2. The Bertz CT molecular complexity index is 1190. The van der Waals surface area contributed by atoms with Crippen molar-refractivity contribution in [1.82, 2.24) is 4.31 Å². The largest absolute Gasteiger partial charge is 0.416 e. The normalized spacial score (nSPS) is 16.0. The first-order valence-electron chi connectivity index (χ1n) is 8.13. The van der Waals surface area contributed by atoms with Crippen molar-refractivity contribution in [1.29, 1.82) is 0 Å². The van der Waals surface area contributed by atoms with Crippen molar-refractivity contribution in [2.75, 3.05) is 12.4 Å². The first-order valence-corrected chi connectivity index (χ1v) is 9.90. The van der Waals surface area contributed by atoms with E-state index in [-0.39, 0.29) is 22.0 Å². The smallest absolute Gasteiger partial charge is 0.321 e.